The van der Waals surface area contributed by atoms with Crippen LogP contribution in [0.3, 0.4) is 0 Å². The largest absolute Gasteiger partial charge is 0.398 e. The maximum absolute atomic E-state index is 10.6. The van der Waals surface area contributed by atoms with Gasteiger partial charge >= 0.3 is 0 Å². The zero-order chi connectivity index (χ0) is 12.1. The van der Waals surface area contributed by atoms with Gasteiger partial charge in [0.15, 0.2) is 0 Å². The van der Waals surface area contributed by atoms with Crippen molar-refractivity contribution in [3.05, 3.63) is 39.4 Å². The Morgan fingerprint density at radius 3 is 2.75 bits per heavy atom. The van der Waals surface area contributed by atoms with E-state index in [9.17, 15) is 14.9 Å². The molecule has 2 N–H and O–H groups in total. The molecule has 0 heterocycles. The average Bonchev–Trinajstić information content (AvgIpc) is 2.24. The van der Waals surface area contributed by atoms with Crippen LogP contribution in [0.25, 0.3) is 6.08 Å². The van der Waals surface area contributed by atoms with Gasteiger partial charge in [0.25, 0.3) is 5.69 Å². The number of carbonyl (C=O) groups excluding carboxylic acids is 1. The highest BCUT2D eigenvalue weighted by Crippen LogP contribution is 2.25. The maximum atomic E-state index is 10.6. The van der Waals surface area contributed by atoms with Crippen molar-refractivity contribution in [2.24, 2.45) is 0 Å². The Balaban J connectivity index is 3.16. The zero-order valence-corrected chi connectivity index (χ0v) is 8.84. The summed E-state index contributed by atoms with van der Waals surface area (Å²) in [6.07, 6.45) is 4.24. The fourth-order valence-corrected chi connectivity index (χ4v) is 1.30. The lowest BCUT2D eigenvalue weighted by atomic mass is 10.1. The summed E-state index contributed by atoms with van der Waals surface area (Å²) in [5.74, 6) is 0. The molecule has 0 aromatic heterocycles. The number of nitro benzene ring substituents is 1. The number of rotatable bonds is 4. The van der Waals surface area contributed by atoms with Crippen molar-refractivity contribution in [1.29, 1.82) is 0 Å². The second kappa shape index (κ2) is 5.06. The van der Waals surface area contributed by atoms with E-state index in [-0.39, 0.29) is 12.1 Å². The lowest BCUT2D eigenvalue weighted by Gasteiger charge is -2.04. The number of aryl methyl sites for hydroxylation is 1. The van der Waals surface area contributed by atoms with Crippen molar-refractivity contribution in [2.45, 2.75) is 13.3 Å². The quantitative estimate of drug-likeness (QED) is 0.364. The number of non-ortho nitro benzene ring substituents is 1. The van der Waals surface area contributed by atoms with Gasteiger partial charge in [0, 0.05) is 29.8 Å². The van der Waals surface area contributed by atoms with Crippen LogP contribution in [0.1, 0.15) is 17.5 Å². The lowest BCUT2D eigenvalue weighted by Crippen LogP contribution is -1.96. The van der Waals surface area contributed by atoms with Crippen LogP contribution in [0, 0.1) is 17.0 Å². The van der Waals surface area contributed by atoms with Gasteiger partial charge in [-0.2, -0.15) is 0 Å². The number of hydrogen-bond acceptors (Lipinski definition) is 4. The van der Waals surface area contributed by atoms with Crippen molar-refractivity contribution >= 4 is 23.7 Å². The minimum Gasteiger partial charge on any atom is -0.398 e. The van der Waals surface area contributed by atoms with E-state index in [4.69, 9.17) is 5.73 Å². The number of carbonyl (C=O) groups is 1. The number of nitrogens with two attached hydrogens (primary N) is 1. The first-order valence-electron chi connectivity index (χ1n) is 4.71. The van der Waals surface area contributed by atoms with Crippen LogP contribution in [0.15, 0.2) is 18.2 Å². The molecule has 0 unspecified atom stereocenters. The van der Waals surface area contributed by atoms with Crippen LogP contribution in [0.5, 0.6) is 0 Å². The summed E-state index contributed by atoms with van der Waals surface area (Å²) in [5.41, 5.74) is 7.48. The maximum Gasteiger partial charge on any atom is 0.270 e. The van der Waals surface area contributed by atoms with Gasteiger partial charge in [0.2, 0.25) is 0 Å². The number of nitrogens with zero attached hydrogens (tertiary/aromatic N) is 1. The van der Waals surface area contributed by atoms with E-state index in [1.165, 1.54) is 12.1 Å². The molecule has 0 fully saturated rings. The van der Waals surface area contributed by atoms with E-state index in [0.717, 1.165) is 6.29 Å². The molecule has 0 saturated carbocycles. The van der Waals surface area contributed by atoms with Gasteiger partial charge in [-0.1, -0.05) is 12.2 Å². The van der Waals surface area contributed by atoms with Crippen LogP contribution in [0.4, 0.5) is 11.4 Å². The molecule has 0 bridgehead atoms. The van der Waals surface area contributed by atoms with Crippen molar-refractivity contribution in [3.63, 3.8) is 0 Å². The highest BCUT2D eigenvalue weighted by atomic mass is 16.6. The molecule has 0 aliphatic heterocycles. The van der Waals surface area contributed by atoms with E-state index in [0.29, 0.717) is 16.8 Å². The number of nitro groups is 1. The van der Waals surface area contributed by atoms with Crippen LogP contribution in [0.2, 0.25) is 0 Å². The first-order chi connectivity index (χ1) is 7.56. The summed E-state index contributed by atoms with van der Waals surface area (Å²) in [6, 6.07) is 2.82. The molecule has 84 valence electrons. The first-order valence-corrected chi connectivity index (χ1v) is 4.71. The summed E-state index contributed by atoms with van der Waals surface area (Å²) in [7, 11) is 0. The lowest BCUT2D eigenvalue weighted by molar-refractivity contribution is -0.384. The van der Waals surface area contributed by atoms with E-state index >= 15 is 0 Å². The van der Waals surface area contributed by atoms with Crippen molar-refractivity contribution in [1.82, 2.24) is 0 Å². The average molecular weight is 220 g/mol. The zero-order valence-electron chi connectivity index (χ0n) is 8.84. The summed E-state index contributed by atoms with van der Waals surface area (Å²) >= 11 is 0. The number of benzene rings is 1. The smallest absolute Gasteiger partial charge is 0.270 e. The molecular formula is C11H12N2O3. The standard InChI is InChI=1S/C11H12N2O3/c1-8-6-10(13(15)16)7-9(11(8)12)4-2-3-5-14/h2,4-7H,3,12H2,1H3. The van der Waals surface area contributed by atoms with E-state index in [1.807, 2.05) is 0 Å². The molecule has 1 aromatic rings. The molecule has 5 nitrogen and oxygen atoms in total. The summed E-state index contributed by atoms with van der Waals surface area (Å²) in [4.78, 5) is 20.3. The molecule has 0 amide bonds. The Labute approximate surface area is 92.7 Å². The van der Waals surface area contributed by atoms with Gasteiger partial charge in [-0.25, -0.2) is 0 Å². The highest BCUT2D eigenvalue weighted by molar-refractivity contribution is 5.71. The molecule has 0 aliphatic carbocycles. The monoisotopic (exact) mass is 220 g/mol. The van der Waals surface area contributed by atoms with Gasteiger partial charge in [-0.15, -0.1) is 0 Å². The number of aldehydes is 1. The fourth-order valence-electron chi connectivity index (χ4n) is 1.30. The Kier molecular flexibility index (Phi) is 3.77. The predicted molar refractivity (Wildman–Crippen MR) is 62.0 cm³/mol. The molecule has 0 radical (unpaired) electrons. The Morgan fingerprint density at radius 1 is 1.50 bits per heavy atom. The second-order valence-electron chi connectivity index (χ2n) is 3.33. The van der Waals surface area contributed by atoms with Crippen LogP contribution in [-0.2, 0) is 4.79 Å². The van der Waals surface area contributed by atoms with Gasteiger partial charge in [-0.05, 0) is 12.5 Å². The predicted octanol–water partition coefficient (Wildman–Crippen LogP) is 2.09. The van der Waals surface area contributed by atoms with Gasteiger partial charge in [0.1, 0.15) is 6.29 Å². The summed E-state index contributed by atoms with van der Waals surface area (Å²) < 4.78 is 0. The van der Waals surface area contributed by atoms with Crippen molar-refractivity contribution in [2.75, 3.05) is 5.73 Å². The summed E-state index contributed by atoms with van der Waals surface area (Å²) in [5, 5.41) is 10.6. The molecule has 5 heteroatoms. The molecule has 16 heavy (non-hydrogen) atoms. The van der Waals surface area contributed by atoms with Crippen LogP contribution >= 0.6 is 0 Å². The number of allylic oxidation sites excluding steroid dienone is 1. The molecule has 0 atom stereocenters. The summed E-state index contributed by atoms with van der Waals surface area (Å²) in [6.45, 7) is 1.71. The minimum absolute atomic E-state index is 0.00236. The Bertz CT molecular complexity index is 453. The van der Waals surface area contributed by atoms with E-state index in [2.05, 4.69) is 0 Å². The third-order valence-corrected chi connectivity index (χ3v) is 2.14. The number of anilines is 1. The SMILES string of the molecule is Cc1cc([N+](=O)[O-])cc(C=CCC=O)c1N. The topological polar surface area (TPSA) is 86.2 Å². The third-order valence-electron chi connectivity index (χ3n) is 2.14. The highest BCUT2D eigenvalue weighted by Gasteiger charge is 2.10. The second-order valence-corrected chi connectivity index (χ2v) is 3.33. The molecule has 0 aliphatic rings. The number of hydrogen-bond donors (Lipinski definition) is 1. The Morgan fingerprint density at radius 2 is 2.19 bits per heavy atom. The van der Waals surface area contributed by atoms with Crippen LogP contribution < -0.4 is 5.73 Å². The van der Waals surface area contributed by atoms with E-state index in [1.54, 1.807) is 19.1 Å². The molecule has 1 rings (SSSR count). The van der Waals surface area contributed by atoms with Crippen LogP contribution in [-0.4, -0.2) is 11.2 Å². The molecule has 0 saturated heterocycles. The Hall–Kier alpha value is -2.17. The number of nitrogen functional groups attached to an aromatic ring is 1. The van der Waals surface area contributed by atoms with Gasteiger partial charge in [-0.3, -0.25) is 10.1 Å². The molecule has 0 spiro atoms. The first kappa shape index (κ1) is 11.9. The minimum atomic E-state index is -0.469. The van der Waals surface area contributed by atoms with E-state index < -0.39 is 4.92 Å². The third kappa shape index (κ3) is 2.66. The fraction of sp³-hybridized carbons (Fsp3) is 0.182. The van der Waals surface area contributed by atoms with Crippen molar-refractivity contribution < 1.29 is 9.72 Å². The van der Waals surface area contributed by atoms with Crippen molar-refractivity contribution in [3.8, 4) is 0 Å². The van der Waals surface area contributed by atoms with Gasteiger partial charge in [0.05, 0.1) is 4.92 Å². The molecule has 1 aromatic carbocycles. The normalized spacial score (nSPS) is 10.6. The van der Waals surface area contributed by atoms with Gasteiger partial charge < -0.3 is 10.5 Å². The molecular weight excluding hydrogens is 208 g/mol.